The molecule has 0 radical (unpaired) electrons. The van der Waals surface area contributed by atoms with E-state index < -0.39 is 5.97 Å². The summed E-state index contributed by atoms with van der Waals surface area (Å²) in [7, 11) is 1.57. The summed E-state index contributed by atoms with van der Waals surface area (Å²) >= 11 is 0. The Labute approximate surface area is 98.3 Å². The minimum Gasteiger partial charge on any atom is -0.497 e. The van der Waals surface area contributed by atoms with E-state index in [2.05, 4.69) is 4.98 Å². The van der Waals surface area contributed by atoms with Crippen molar-refractivity contribution in [2.24, 2.45) is 0 Å². The van der Waals surface area contributed by atoms with Crippen LogP contribution in [0.4, 0.5) is 0 Å². The highest BCUT2D eigenvalue weighted by Crippen LogP contribution is 2.19. The molecule has 0 atom stereocenters. The quantitative estimate of drug-likeness (QED) is 0.877. The smallest absolute Gasteiger partial charge is 0.372 e. The summed E-state index contributed by atoms with van der Waals surface area (Å²) in [6, 6.07) is 7.18. The van der Waals surface area contributed by atoms with Crippen molar-refractivity contribution in [2.75, 3.05) is 7.11 Å². The van der Waals surface area contributed by atoms with Gasteiger partial charge in [0.15, 0.2) is 0 Å². The zero-order chi connectivity index (χ0) is 12.4. The number of rotatable bonds is 3. The first-order valence-electron chi connectivity index (χ1n) is 5.05. The number of nitrogens with zero attached hydrogens (tertiary/aromatic N) is 2. The number of aromatic nitrogens is 2. The minimum absolute atomic E-state index is 0.00393. The summed E-state index contributed by atoms with van der Waals surface area (Å²) < 4.78 is 6.69. The Kier molecular flexibility index (Phi) is 2.82. The van der Waals surface area contributed by atoms with Crippen molar-refractivity contribution in [1.29, 1.82) is 0 Å². The number of benzene rings is 1. The number of methoxy groups -OCH3 is 1. The minimum atomic E-state index is -1.05. The van der Waals surface area contributed by atoms with Gasteiger partial charge in [-0.25, -0.2) is 9.78 Å². The van der Waals surface area contributed by atoms with Gasteiger partial charge in [-0.05, 0) is 19.1 Å². The molecule has 2 aromatic rings. The number of imidazole rings is 1. The molecule has 0 bridgehead atoms. The molecule has 0 unspecified atom stereocenters. The van der Waals surface area contributed by atoms with Gasteiger partial charge >= 0.3 is 5.97 Å². The van der Waals surface area contributed by atoms with Crippen LogP contribution in [-0.2, 0) is 0 Å². The predicted molar refractivity (Wildman–Crippen MR) is 61.8 cm³/mol. The maximum atomic E-state index is 11.0. The van der Waals surface area contributed by atoms with E-state index in [0.29, 0.717) is 5.75 Å². The Bertz CT molecular complexity index is 561. The number of carboxylic acid groups (broad SMARTS) is 1. The highest BCUT2D eigenvalue weighted by Gasteiger charge is 2.15. The van der Waals surface area contributed by atoms with Crippen LogP contribution in [-0.4, -0.2) is 27.7 Å². The van der Waals surface area contributed by atoms with Gasteiger partial charge in [0.25, 0.3) is 0 Å². The van der Waals surface area contributed by atoms with E-state index in [9.17, 15) is 4.79 Å². The standard InChI is InChI=1S/C12H12N2O3/c1-8-7-13-11(12(15)16)14(8)9-4-3-5-10(6-9)17-2/h3-7H,1-2H3,(H,15,16). The fourth-order valence-electron chi connectivity index (χ4n) is 1.66. The molecule has 0 aliphatic carbocycles. The number of aromatic carboxylic acids is 1. The highest BCUT2D eigenvalue weighted by atomic mass is 16.5. The lowest BCUT2D eigenvalue weighted by molar-refractivity contribution is 0.0681. The van der Waals surface area contributed by atoms with Crippen molar-refractivity contribution >= 4 is 5.97 Å². The van der Waals surface area contributed by atoms with Crippen LogP contribution in [0.25, 0.3) is 5.69 Å². The monoisotopic (exact) mass is 232 g/mol. The normalized spacial score (nSPS) is 10.2. The first-order valence-corrected chi connectivity index (χ1v) is 5.05. The summed E-state index contributed by atoms with van der Waals surface area (Å²) in [5, 5.41) is 9.05. The van der Waals surface area contributed by atoms with E-state index >= 15 is 0 Å². The summed E-state index contributed by atoms with van der Waals surface area (Å²) in [6.07, 6.45) is 1.53. The topological polar surface area (TPSA) is 64.4 Å². The van der Waals surface area contributed by atoms with E-state index in [1.807, 2.05) is 6.07 Å². The van der Waals surface area contributed by atoms with Crippen LogP contribution in [0.1, 0.15) is 16.3 Å². The molecular weight excluding hydrogens is 220 g/mol. The van der Waals surface area contributed by atoms with Gasteiger partial charge in [-0.15, -0.1) is 0 Å². The number of hydrogen-bond acceptors (Lipinski definition) is 3. The van der Waals surface area contributed by atoms with Crippen molar-refractivity contribution in [3.05, 3.63) is 42.0 Å². The number of hydrogen-bond donors (Lipinski definition) is 1. The molecular formula is C12H12N2O3. The lowest BCUT2D eigenvalue weighted by atomic mass is 10.3. The maximum Gasteiger partial charge on any atom is 0.372 e. The Morgan fingerprint density at radius 1 is 1.47 bits per heavy atom. The average Bonchev–Trinajstić information content (AvgIpc) is 2.71. The molecule has 5 heteroatoms. The summed E-state index contributed by atoms with van der Waals surface area (Å²) in [5.74, 6) is -0.386. The Hall–Kier alpha value is -2.30. The van der Waals surface area contributed by atoms with Crippen molar-refractivity contribution in [3.8, 4) is 11.4 Å². The Morgan fingerprint density at radius 2 is 2.24 bits per heavy atom. The number of carboxylic acids is 1. The van der Waals surface area contributed by atoms with Crippen LogP contribution in [0.5, 0.6) is 5.75 Å². The SMILES string of the molecule is COc1cccc(-n2c(C)cnc2C(=O)O)c1. The lowest BCUT2D eigenvalue weighted by Gasteiger charge is -2.09. The summed E-state index contributed by atoms with van der Waals surface area (Å²) in [4.78, 5) is 14.9. The molecule has 1 aromatic carbocycles. The zero-order valence-corrected chi connectivity index (χ0v) is 9.54. The van der Waals surface area contributed by atoms with E-state index in [1.165, 1.54) is 6.20 Å². The molecule has 2 rings (SSSR count). The van der Waals surface area contributed by atoms with Crippen molar-refractivity contribution in [2.45, 2.75) is 6.92 Å². The zero-order valence-electron chi connectivity index (χ0n) is 9.54. The third-order valence-corrected chi connectivity index (χ3v) is 2.44. The first-order chi connectivity index (χ1) is 8.13. The van der Waals surface area contributed by atoms with Gasteiger partial charge in [0.1, 0.15) is 5.75 Å². The molecule has 17 heavy (non-hydrogen) atoms. The van der Waals surface area contributed by atoms with Crippen LogP contribution >= 0.6 is 0 Å². The van der Waals surface area contributed by atoms with Crippen molar-refractivity contribution in [1.82, 2.24) is 9.55 Å². The second-order valence-electron chi connectivity index (χ2n) is 3.57. The summed E-state index contributed by atoms with van der Waals surface area (Å²) in [5.41, 5.74) is 1.48. The maximum absolute atomic E-state index is 11.0. The average molecular weight is 232 g/mol. The van der Waals surface area contributed by atoms with Gasteiger partial charge in [-0.3, -0.25) is 4.57 Å². The molecule has 0 saturated heterocycles. The molecule has 0 amide bonds. The Morgan fingerprint density at radius 3 is 2.88 bits per heavy atom. The van der Waals surface area contributed by atoms with Gasteiger partial charge in [0.2, 0.25) is 5.82 Å². The van der Waals surface area contributed by atoms with Gasteiger partial charge in [0, 0.05) is 18.0 Å². The van der Waals surface area contributed by atoms with Crippen LogP contribution in [0.3, 0.4) is 0 Å². The second-order valence-corrected chi connectivity index (χ2v) is 3.57. The molecule has 1 aromatic heterocycles. The van der Waals surface area contributed by atoms with Gasteiger partial charge < -0.3 is 9.84 Å². The molecule has 1 N–H and O–H groups in total. The van der Waals surface area contributed by atoms with E-state index in [-0.39, 0.29) is 5.82 Å². The molecule has 0 spiro atoms. The van der Waals surface area contributed by atoms with Gasteiger partial charge in [-0.1, -0.05) is 6.07 Å². The van der Waals surface area contributed by atoms with Gasteiger partial charge in [-0.2, -0.15) is 0 Å². The Balaban J connectivity index is 2.59. The van der Waals surface area contributed by atoms with Gasteiger partial charge in [0.05, 0.1) is 12.8 Å². The van der Waals surface area contributed by atoms with Crippen LogP contribution < -0.4 is 4.74 Å². The number of ether oxygens (including phenoxy) is 1. The summed E-state index contributed by atoms with van der Waals surface area (Å²) in [6.45, 7) is 1.80. The first kappa shape index (κ1) is 11.2. The van der Waals surface area contributed by atoms with E-state index in [4.69, 9.17) is 9.84 Å². The molecule has 1 heterocycles. The fourth-order valence-corrected chi connectivity index (χ4v) is 1.66. The molecule has 0 saturated carbocycles. The molecule has 5 nitrogen and oxygen atoms in total. The van der Waals surface area contributed by atoms with Crippen LogP contribution in [0.2, 0.25) is 0 Å². The molecule has 0 aliphatic rings. The van der Waals surface area contributed by atoms with Crippen LogP contribution in [0, 0.1) is 6.92 Å². The van der Waals surface area contributed by atoms with Crippen molar-refractivity contribution < 1.29 is 14.6 Å². The van der Waals surface area contributed by atoms with E-state index in [0.717, 1.165) is 11.4 Å². The third-order valence-electron chi connectivity index (χ3n) is 2.44. The predicted octanol–water partition coefficient (Wildman–Crippen LogP) is 1.89. The fraction of sp³-hybridized carbons (Fsp3) is 0.167. The van der Waals surface area contributed by atoms with Crippen LogP contribution in [0.15, 0.2) is 30.5 Å². The molecule has 88 valence electrons. The molecule has 0 aliphatic heterocycles. The third kappa shape index (κ3) is 1.99. The van der Waals surface area contributed by atoms with Crippen molar-refractivity contribution in [3.63, 3.8) is 0 Å². The largest absolute Gasteiger partial charge is 0.497 e. The highest BCUT2D eigenvalue weighted by molar-refractivity contribution is 5.84. The molecule has 0 fully saturated rings. The second kappa shape index (κ2) is 4.29. The number of carbonyl (C=O) groups is 1. The lowest BCUT2D eigenvalue weighted by Crippen LogP contribution is -2.09. The van der Waals surface area contributed by atoms with E-state index in [1.54, 1.807) is 36.8 Å². The number of aryl methyl sites for hydroxylation is 1.